The number of hydrogen-bond acceptors (Lipinski definition) is 16. The Balaban J connectivity index is 1.06. The van der Waals surface area contributed by atoms with Crippen LogP contribution in [-0.2, 0) is 57.1 Å². The minimum absolute atomic E-state index is 0.0580. The molecule has 7 rings (SSSR count). The Hall–Kier alpha value is -2.70. The first-order chi connectivity index (χ1) is 26.5. The van der Waals surface area contributed by atoms with Gasteiger partial charge in [-0.05, 0) is 92.4 Å². The molecular formula is C40H58O16. The predicted molar refractivity (Wildman–Crippen MR) is 190 cm³/mol. The summed E-state index contributed by atoms with van der Waals surface area (Å²) in [5, 5.41) is 44.4. The number of carbonyl (C=O) groups is 4. The van der Waals surface area contributed by atoms with E-state index < -0.39 is 85.4 Å². The number of ether oxygens (including phenoxy) is 8. The van der Waals surface area contributed by atoms with Gasteiger partial charge < -0.3 is 58.3 Å². The van der Waals surface area contributed by atoms with Gasteiger partial charge in [-0.15, -0.1) is 0 Å². The lowest BCUT2D eigenvalue weighted by molar-refractivity contribution is -0.356. The third-order valence-corrected chi connectivity index (χ3v) is 14.7. The van der Waals surface area contributed by atoms with Gasteiger partial charge in [-0.3, -0.25) is 14.4 Å². The summed E-state index contributed by atoms with van der Waals surface area (Å²) in [6.45, 7) is 7.32. The summed E-state index contributed by atoms with van der Waals surface area (Å²) >= 11 is 0. The molecule has 3 heterocycles. The standard InChI is InChI=1S/C40H58O16/c1-19(42)51-32-28(45)18-50-36(31(32)47)56-33-29(16-41)55-37(35(53-21(3)44)34(33)52-20(2)43)54-24-8-11-38(4)23(15-24)6-7-27-26(38)9-12-39(5)25(10-13-40(27,39)48)22-14-30(46)49-17-22/h14,23-29,31-37,41,45,47-48H,6-13,15-18H2,1-5H3/t23-,24+,25-,26+,27-,28-,29-,31-,32+,33-,34-,35-,36+,37-,38+,39-,40+/m1/s1. The molecule has 7 aliphatic rings. The fraction of sp³-hybridized carbons (Fsp3) is 0.850. The van der Waals surface area contributed by atoms with Crippen LogP contribution >= 0.6 is 0 Å². The van der Waals surface area contributed by atoms with Crippen LogP contribution in [0.3, 0.4) is 0 Å². The van der Waals surface area contributed by atoms with Crippen LogP contribution in [0.25, 0.3) is 0 Å². The van der Waals surface area contributed by atoms with Crippen LogP contribution in [-0.4, -0.2) is 131 Å². The normalized spacial score (nSPS) is 47.4. The smallest absolute Gasteiger partial charge is 0.331 e. The van der Waals surface area contributed by atoms with Crippen LogP contribution in [0.1, 0.15) is 92.4 Å². The fourth-order valence-electron chi connectivity index (χ4n) is 12.0. The number of hydrogen-bond donors (Lipinski definition) is 4. The van der Waals surface area contributed by atoms with Crippen molar-refractivity contribution in [1.82, 2.24) is 0 Å². The van der Waals surface area contributed by atoms with Crippen LogP contribution in [0.5, 0.6) is 0 Å². The van der Waals surface area contributed by atoms with E-state index >= 15 is 0 Å². The molecule has 16 nitrogen and oxygen atoms in total. The zero-order valence-corrected chi connectivity index (χ0v) is 32.8. The monoisotopic (exact) mass is 794 g/mol. The average molecular weight is 795 g/mol. The van der Waals surface area contributed by atoms with Gasteiger partial charge in [-0.2, -0.15) is 0 Å². The molecule has 0 aromatic carbocycles. The number of fused-ring (bicyclic) bond motifs is 5. The van der Waals surface area contributed by atoms with Gasteiger partial charge in [0.2, 0.25) is 0 Å². The highest BCUT2D eigenvalue weighted by molar-refractivity contribution is 5.85. The number of esters is 4. The van der Waals surface area contributed by atoms with Crippen LogP contribution in [0.4, 0.5) is 0 Å². The number of carbonyl (C=O) groups excluding carboxylic acids is 4. The second-order valence-corrected chi connectivity index (χ2v) is 17.6. The van der Waals surface area contributed by atoms with Crippen LogP contribution in [0, 0.1) is 34.5 Å². The SMILES string of the molecule is CC(=O)O[C@H]1[C@@H](OC(C)=O)[C@H](O[C@H]2CC[C@@]3(C)[C@H](CC[C@@H]4[C@@H]3CC[C@]3(C)[C@@H](C5=CC(=O)OC5)CC[C@]43O)C2)O[C@H](CO)[C@H]1O[C@@H]1OC[C@@H](O)[C@H](OC(C)=O)[C@H]1O. The second-order valence-electron chi connectivity index (χ2n) is 17.6. The maximum Gasteiger partial charge on any atom is 0.331 e. The van der Waals surface area contributed by atoms with E-state index in [4.69, 9.17) is 37.9 Å². The first kappa shape index (κ1) is 41.5. The molecule has 4 saturated carbocycles. The van der Waals surface area contributed by atoms with Gasteiger partial charge in [-0.1, -0.05) is 13.8 Å². The van der Waals surface area contributed by atoms with Gasteiger partial charge in [0.05, 0.1) is 24.9 Å². The number of rotatable bonds is 9. The van der Waals surface area contributed by atoms with Gasteiger partial charge in [-0.25, -0.2) is 4.79 Å². The zero-order valence-electron chi connectivity index (χ0n) is 32.8. The summed E-state index contributed by atoms with van der Waals surface area (Å²) in [4.78, 5) is 48.7. The molecule has 2 saturated heterocycles. The van der Waals surface area contributed by atoms with E-state index in [2.05, 4.69) is 13.8 Å². The van der Waals surface area contributed by atoms with E-state index in [9.17, 15) is 39.6 Å². The highest BCUT2D eigenvalue weighted by Crippen LogP contribution is 2.70. The number of cyclic esters (lactones) is 1. The Labute approximate surface area is 326 Å². The molecule has 0 aromatic heterocycles. The third kappa shape index (κ3) is 7.30. The van der Waals surface area contributed by atoms with E-state index in [-0.39, 0.29) is 47.3 Å². The van der Waals surface area contributed by atoms with Crippen LogP contribution in [0.2, 0.25) is 0 Å². The Morgan fingerprint density at radius 1 is 0.821 bits per heavy atom. The maximum absolute atomic E-state index is 12.6. The molecule has 0 aromatic rings. The molecule has 6 fully saturated rings. The quantitative estimate of drug-likeness (QED) is 0.148. The molecule has 56 heavy (non-hydrogen) atoms. The van der Waals surface area contributed by atoms with E-state index in [1.54, 1.807) is 6.08 Å². The van der Waals surface area contributed by atoms with Crippen molar-refractivity contribution in [2.24, 2.45) is 34.5 Å². The molecule has 0 amide bonds. The second kappa shape index (κ2) is 15.8. The predicted octanol–water partition coefficient (Wildman–Crippen LogP) is 1.60. The summed E-state index contributed by atoms with van der Waals surface area (Å²) in [6.07, 6.45) is -3.94. The summed E-state index contributed by atoms with van der Waals surface area (Å²) < 4.78 is 46.2. The van der Waals surface area contributed by atoms with Crippen molar-refractivity contribution >= 4 is 23.9 Å². The van der Waals surface area contributed by atoms with Gasteiger partial charge in [0.25, 0.3) is 0 Å². The van der Waals surface area contributed by atoms with E-state index in [1.165, 1.54) is 6.92 Å². The van der Waals surface area contributed by atoms with E-state index in [0.717, 1.165) is 57.9 Å². The lowest BCUT2D eigenvalue weighted by Crippen LogP contribution is -2.65. The van der Waals surface area contributed by atoms with Gasteiger partial charge in [0.15, 0.2) is 30.9 Å². The van der Waals surface area contributed by atoms with Crippen molar-refractivity contribution in [1.29, 1.82) is 0 Å². The molecule has 314 valence electrons. The molecule has 4 N–H and O–H groups in total. The van der Waals surface area contributed by atoms with E-state index in [1.807, 2.05) is 0 Å². The van der Waals surface area contributed by atoms with Crippen molar-refractivity contribution in [3.63, 3.8) is 0 Å². The Morgan fingerprint density at radius 2 is 1.52 bits per heavy atom. The lowest BCUT2D eigenvalue weighted by atomic mass is 9.43. The van der Waals surface area contributed by atoms with Crippen molar-refractivity contribution in [3.8, 4) is 0 Å². The molecule has 0 unspecified atom stereocenters. The van der Waals surface area contributed by atoms with E-state index in [0.29, 0.717) is 31.8 Å². The maximum atomic E-state index is 12.6. The molecule has 0 radical (unpaired) electrons. The van der Waals surface area contributed by atoms with Crippen LogP contribution < -0.4 is 0 Å². The van der Waals surface area contributed by atoms with Crippen LogP contribution in [0.15, 0.2) is 11.6 Å². The summed E-state index contributed by atoms with van der Waals surface area (Å²) in [5.41, 5.74) is -0.230. The molecule has 3 aliphatic heterocycles. The number of aliphatic hydroxyl groups excluding tert-OH is 3. The fourth-order valence-corrected chi connectivity index (χ4v) is 12.0. The highest BCUT2D eigenvalue weighted by Gasteiger charge is 2.68. The summed E-state index contributed by atoms with van der Waals surface area (Å²) in [7, 11) is 0. The third-order valence-electron chi connectivity index (χ3n) is 14.7. The lowest BCUT2D eigenvalue weighted by Gasteiger charge is -2.64. The summed E-state index contributed by atoms with van der Waals surface area (Å²) in [5.74, 6) is -1.70. The summed E-state index contributed by atoms with van der Waals surface area (Å²) in [6, 6.07) is 0. The first-order valence-electron chi connectivity index (χ1n) is 20.1. The highest BCUT2D eigenvalue weighted by atomic mass is 16.8. The molecular weight excluding hydrogens is 736 g/mol. The first-order valence-corrected chi connectivity index (χ1v) is 20.1. The minimum Gasteiger partial charge on any atom is -0.458 e. The topological polar surface area (TPSA) is 223 Å². The average Bonchev–Trinajstić information content (AvgIpc) is 3.68. The molecule has 4 aliphatic carbocycles. The Bertz CT molecular complexity index is 1550. The van der Waals surface area contributed by atoms with Crippen molar-refractivity contribution in [2.45, 2.75) is 159 Å². The Kier molecular flexibility index (Phi) is 11.7. The molecule has 0 spiro atoms. The largest absolute Gasteiger partial charge is 0.458 e. The van der Waals surface area contributed by atoms with Gasteiger partial charge >= 0.3 is 23.9 Å². The van der Waals surface area contributed by atoms with Crippen molar-refractivity contribution in [2.75, 3.05) is 19.8 Å². The minimum atomic E-state index is -1.67. The Morgan fingerprint density at radius 3 is 2.18 bits per heavy atom. The number of aliphatic hydroxyl groups is 4. The molecule has 0 bridgehead atoms. The van der Waals surface area contributed by atoms with Gasteiger partial charge in [0, 0.05) is 32.3 Å². The molecule has 17 atom stereocenters. The van der Waals surface area contributed by atoms with Gasteiger partial charge in [0.1, 0.15) is 31.0 Å². The van der Waals surface area contributed by atoms with Crippen molar-refractivity contribution < 1.29 is 77.5 Å². The zero-order chi connectivity index (χ0) is 40.3. The van der Waals surface area contributed by atoms with Crippen molar-refractivity contribution in [3.05, 3.63) is 11.6 Å². The molecule has 16 heteroatoms.